The summed E-state index contributed by atoms with van der Waals surface area (Å²) in [5, 5.41) is 0. The predicted octanol–water partition coefficient (Wildman–Crippen LogP) is 11.2. The Morgan fingerprint density at radius 3 is 1.25 bits per heavy atom. The van der Waals surface area contributed by atoms with Crippen molar-refractivity contribution in [2.24, 2.45) is 0 Å². The van der Waals surface area contributed by atoms with Gasteiger partial charge >= 0.3 is 11.8 Å². The Morgan fingerprint density at radius 2 is 0.812 bits per heavy atom. The number of anilines is 4. The van der Waals surface area contributed by atoms with Gasteiger partial charge in [0.25, 0.3) is 0 Å². The van der Waals surface area contributed by atoms with Crippen molar-refractivity contribution < 1.29 is 19.1 Å². The summed E-state index contributed by atoms with van der Waals surface area (Å²) in [5.74, 6) is -0.123. The zero-order valence-electron chi connectivity index (χ0n) is 28.8. The normalized spacial score (nSPS) is 10.8. The average molecular weight is 649 g/mol. The van der Waals surface area contributed by atoms with Crippen molar-refractivity contribution in [3.8, 4) is 11.5 Å². The Morgan fingerprint density at radius 1 is 0.438 bits per heavy atom. The number of amides is 2. The molecule has 0 aliphatic carbocycles. The molecule has 6 nitrogen and oxygen atoms in total. The van der Waals surface area contributed by atoms with Crippen LogP contribution in [-0.2, 0) is 9.59 Å². The highest BCUT2D eigenvalue weighted by Gasteiger charge is 2.32. The number of ether oxygens (including phenoxy) is 2. The fourth-order valence-corrected chi connectivity index (χ4v) is 5.69. The summed E-state index contributed by atoms with van der Waals surface area (Å²) in [6, 6.07) is 33.3. The van der Waals surface area contributed by atoms with Gasteiger partial charge in [-0.2, -0.15) is 0 Å². The fraction of sp³-hybridized carbons (Fsp3) is 0.381. The quantitative estimate of drug-likeness (QED) is 0.0707. The Hall–Kier alpha value is -4.58. The minimum absolute atomic E-state index is 0.533. The van der Waals surface area contributed by atoms with Crippen molar-refractivity contribution in [2.45, 2.75) is 90.9 Å². The minimum Gasteiger partial charge on any atom is -0.490 e. The van der Waals surface area contributed by atoms with Gasteiger partial charge in [-0.1, -0.05) is 133 Å². The van der Waals surface area contributed by atoms with E-state index in [1.54, 1.807) is 0 Å². The average Bonchev–Trinajstić information content (AvgIpc) is 3.13. The van der Waals surface area contributed by atoms with Crippen LogP contribution in [0.3, 0.4) is 0 Å². The molecule has 0 spiro atoms. The Balaban J connectivity index is 1.62. The molecule has 0 aromatic heterocycles. The summed E-state index contributed by atoms with van der Waals surface area (Å²) >= 11 is 0. The lowest BCUT2D eigenvalue weighted by atomic mass is 10.1. The number of carbonyl (C=O) groups excluding carboxylic acids is 2. The maximum Gasteiger partial charge on any atom is 0.321 e. The topological polar surface area (TPSA) is 59.1 Å². The third kappa shape index (κ3) is 11.0. The largest absolute Gasteiger partial charge is 0.490 e. The van der Waals surface area contributed by atoms with E-state index in [0.29, 0.717) is 47.5 Å². The summed E-state index contributed by atoms with van der Waals surface area (Å²) < 4.78 is 12.6. The van der Waals surface area contributed by atoms with E-state index in [4.69, 9.17) is 9.47 Å². The lowest BCUT2D eigenvalue weighted by Crippen LogP contribution is -2.41. The van der Waals surface area contributed by atoms with Crippen molar-refractivity contribution >= 4 is 34.6 Å². The number of nitrogens with zero attached hydrogens (tertiary/aromatic N) is 2. The molecule has 254 valence electrons. The number of hydrogen-bond acceptors (Lipinski definition) is 4. The number of benzene rings is 4. The predicted molar refractivity (Wildman–Crippen MR) is 198 cm³/mol. The zero-order valence-corrected chi connectivity index (χ0v) is 28.8. The van der Waals surface area contributed by atoms with Crippen LogP contribution in [-0.4, -0.2) is 25.0 Å². The standard InChI is InChI=1S/C42H52N2O4/c1-3-5-7-9-11-22-32-47-39-31-30-38(34-40(39)48-33-23-12-10-8-6-4-2)44(37-28-20-15-21-29-37)42(46)41(45)43(35-24-16-13-17-25-35)36-26-18-14-19-27-36/h13-21,24-31,34H,3-12,22-23,32-33H2,1-2H3. The molecule has 0 heterocycles. The highest BCUT2D eigenvalue weighted by atomic mass is 16.5. The third-order valence-corrected chi connectivity index (χ3v) is 8.33. The molecule has 4 rings (SSSR count). The molecule has 0 fully saturated rings. The summed E-state index contributed by atoms with van der Waals surface area (Å²) in [6.07, 6.45) is 14.0. The molecule has 2 amide bonds. The molecule has 0 saturated heterocycles. The molecule has 4 aromatic rings. The van der Waals surface area contributed by atoms with Gasteiger partial charge in [0.2, 0.25) is 0 Å². The van der Waals surface area contributed by atoms with Gasteiger partial charge in [0, 0.05) is 23.1 Å². The van der Waals surface area contributed by atoms with Crippen LogP contribution in [0.4, 0.5) is 22.7 Å². The second-order valence-corrected chi connectivity index (χ2v) is 12.2. The van der Waals surface area contributed by atoms with Crippen molar-refractivity contribution in [2.75, 3.05) is 23.0 Å². The van der Waals surface area contributed by atoms with E-state index in [1.165, 1.54) is 61.2 Å². The van der Waals surface area contributed by atoms with Crippen LogP contribution in [0.15, 0.2) is 109 Å². The van der Waals surface area contributed by atoms with Gasteiger partial charge in [0.1, 0.15) is 0 Å². The molecular weight excluding hydrogens is 596 g/mol. The molecule has 4 aromatic carbocycles. The minimum atomic E-state index is -0.684. The first kappa shape index (κ1) is 36.3. The molecule has 0 bridgehead atoms. The monoisotopic (exact) mass is 648 g/mol. The van der Waals surface area contributed by atoms with Gasteiger partial charge in [-0.25, -0.2) is 0 Å². The molecule has 0 saturated carbocycles. The van der Waals surface area contributed by atoms with E-state index in [2.05, 4.69) is 13.8 Å². The molecule has 0 unspecified atom stereocenters. The van der Waals surface area contributed by atoms with Gasteiger partial charge in [0.15, 0.2) is 11.5 Å². The Kier molecular flexibility index (Phi) is 15.6. The van der Waals surface area contributed by atoms with Crippen molar-refractivity contribution in [3.05, 3.63) is 109 Å². The molecule has 0 atom stereocenters. The first-order valence-corrected chi connectivity index (χ1v) is 17.9. The van der Waals surface area contributed by atoms with Gasteiger partial charge in [-0.15, -0.1) is 0 Å². The van der Waals surface area contributed by atoms with E-state index in [0.717, 1.165) is 25.7 Å². The molecule has 0 aliphatic rings. The molecule has 6 heteroatoms. The summed E-state index contributed by atoms with van der Waals surface area (Å²) in [7, 11) is 0. The van der Waals surface area contributed by atoms with Crippen LogP contribution in [0, 0.1) is 0 Å². The first-order chi connectivity index (χ1) is 23.6. The highest BCUT2D eigenvalue weighted by molar-refractivity contribution is 6.47. The van der Waals surface area contributed by atoms with Crippen LogP contribution < -0.4 is 19.3 Å². The van der Waals surface area contributed by atoms with Gasteiger partial charge in [0.05, 0.1) is 18.9 Å². The van der Waals surface area contributed by atoms with Crippen molar-refractivity contribution in [1.82, 2.24) is 0 Å². The van der Waals surface area contributed by atoms with Crippen LogP contribution in [0.2, 0.25) is 0 Å². The highest BCUT2D eigenvalue weighted by Crippen LogP contribution is 2.36. The number of rotatable bonds is 20. The second-order valence-electron chi connectivity index (χ2n) is 12.2. The Bertz CT molecular complexity index is 1450. The number of para-hydroxylation sites is 3. The van der Waals surface area contributed by atoms with Crippen LogP contribution >= 0.6 is 0 Å². The van der Waals surface area contributed by atoms with E-state index >= 15 is 0 Å². The summed E-state index contributed by atoms with van der Waals surface area (Å²) in [4.78, 5) is 31.6. The lowest BCUT2D eigenvalue weighted by molar-refractivity contribution is -0.135. The number of carbonyl (C=O) groups is 2. The number of hydrogen-bond donors (Lipinski definition) is 0. The van der Waals surface area contributed by atoms with Gasteiger partial charge in [-0.3, -0.25) is 19.4 Å². The zero-order chi connectivity index (χ0) is 33.8. The Labute approximate surface area is 287 Å². The van der Waals surface area contributed by atoms with Crippen LogP contribution in [0.5, 0.6) is 11.5 Å². The van der Waals surface area contributed by atoms with Gasteiger partial charge < -0.3 is 9.47 Å². The maximum absolute atomic E-state index is 14.4. The van der Waals surface area contributed by atoms with Crippen LogP contribution in [0.1, 0.15) is 90.9 Å². The second kappa shape index (κ2) is 20.6. The molecular formula is C42H52N2O4. The van der Waals surface area contributed by atoms with E-state index < -0.39 is 11.8 Å². The van der Waals surface area contributed by atoms with Crippen LogP contribution in [0.25, 0.3) is 0 Å². The smallest absolute Gasteiger partial charge is 0.321 e. The molecule has 0 radical (unpaired) electrons. The summed E-state index contributed by atoms with van der Waals surface area (Å²) in [6.45, 7) is 5.60. The molecule has 0 N–H and O–H groups in total. The lowest BCUT2D eigenvalue weighted by Gasteiger charge is -2.28. The SMILES string of the molecule is CCCCCCCCOc1ccc(N(C(=O)C(=O)N(c2ccccc2)c2ccccc2)c2ccccc2)cc1OCCCCCCCC. The third-order valence-electron chi connectivity index (χ3n) is 8.33. The van der Waals surface area contributed by atoms with E-state index in [-0.39, 0.29) is 0 Å². The summed E-state index contributed by atoms with van der Waals surface area (Å²) in [5.41, 5.74) is 2.33. The maximum atomic E-state index is 14.4. The number of unbranched alkanes of at least 4 members (excludes halogenated alkanes) is 10. The molecule has 48 heavy (non-hydrogen) atoms. The first-order valence-electron chi connectivity index (χ1n) is 17.9. The van der Waals surface area contributed by atoms with E-state index in [9.17, 15) is 9.59 Å². The van der Waals surface area contributed by atoms with Crippen molar-refractivity contribution in [1.29, 1.82) is 0 Å². The fourth-order valence-electron chi connectivity index (χ4n) is 5.69. The van der Waals surface area contributed by atoms with Crippen molar-refractivity contribution in [3.63, 3.8) is 0 Å². The van der Waals surface area contributed by atoms with E-state index in [1.807, 2.05) is 109 Å². The van der Waals surface area contributed by atoms with Gasteiger partial charge in [-0.05, 0) is 61.4 Å². The molecule has 0 aliphatic heterocycles.